The molecule has 0 amide bonds. The minimum atomic E-state index is -4.93. The average molecular weight is 964 g/mol. The highest BCUT2D eigenvalue weighted by molar-refractivity contribution is 7.95. The van der Waals surface area contributed by atoms with E-state index in [0.29, 0.717) is 12.0 Å². The van der Waals surface area contributed by atoms with Gasteiger partial charge in [0.1, 0.15) is 39.1 Å². The van der Waals surface area contributed by atoms with Gasteiger partial charge < -0.3 is 20.3 Å². The first-order valence-electron chi connectivity index (χ1n) is 15.4. The van der Waals surface area contributed by atoms with E-state index in [1.165, 1.54) is 18.2 Å². The normalized spacial score (nSPS) is 12.8. The number of nitrogen functional groups attached to an aromatic ring is 1. The SMILES string of the molecule is COc1cc(S(=O)(=O)CCOS(=O)(=O)O)c(OC)cc1N=Nc1c(SOOO)cc2c(N=Nc3ccc(S(=O)(=O)CCOS(=O)(=O)O)cc3SOOO)c(N)ccc2c1O. The fourth-order valence-corrected chi connectivity index (χ4v) is 8.94. The Balaban J connectivity index is 1.78. The Morgan fingerprint density at radius 2 is 1.20 bits per heavy atom. The summed E-state index contributed by atoms with van der Waals surface area (Å²) in [6.45, 7) is -1.85. The molecule has 26 nitrogen and oxygen atoms in total. The minimum absolute atomic E-state index is 0.0195. The maximum Gasteiger partial charge on any atom is 0.397 e. The number of phenols is 1. The maximum atomic E-state index is 13.0. The number of aromatic hydroxyl groups is 1. The van der Waals surface area contributed by atoms with Gasteiger partial charge in [-0.05, 0) is 36.4 Å². The Labute approximate surface area is 347 Å². The Morgan fingerprint density at radius 3 is 1.78 bits per heavy atom. The molecular weight excluding hydrogens is 935 g/mol. The Kier molecular flexibility index (Phi) is 16.5. The number of rotatable bonds is 22. The van der Waals surface area contributed by atoms with Crippen LogP contribution >= 0.6 is 24.1 Å². The summed E-state index contributed by atoms with van der Waals surface area (Å²) in [6.07, 6.45) is 0. The number of hydrogen-bond acceptors (Lipinski definition) is 26. The number of ether oxygens (including phenoxy) is 2. The standard InChI is InChI=1S/C28H29N5O21S6/c1-47-21-14-25(58(39,40)10-8-50-60(44,45)46)22(48-2)13-20(21)31-33-27-24(56-54-52-36)12-17-16(28(27)34)4-5-18(29)26(17)32-30-19-6-3-15(11-23(19)55-53-51-35)57(37,38)9-7-49-59(41,42)43/h3-6,11-14,34-36H,7-10,29H2,1-2H3,(H,41,42,43)(H,44,45,46). The topological polar surface area (TPSA) is 387 Å². The molecule has 0 aromatic heterocycles. The zero-order valence-electron chi connectivity index (χ0n) is 30.0. The van der Waals surface area contributed by atoms with Crippen molar-refractivity contribution in [1.29, 1.82) is 0 Å². The number of azo groups is 2. The molecule has 4 aromatic rings. The van der Waals surface area contributed by atoms with E-state index in [0.717, 1.165) is 44.6 Å². The van der Waals surface area contributed by atoms with Crippen molar-refractivity contribution in [2.45, 2.75) is 19.6 Å². The molecule has 0 aliphatic heterocycles. The van der Waals surface area contributed by atoms with Crippen molar-refractivity contribution in [2.24, 2.45) is 20.5 Å². The van der Waals surface area contributed by atoms with Crippen LogP contribution in [0.15, 0.2) is 88.6 Å². The largest absolute Gasteiger partial charge is 0.505 e. The number of nitrogens with zero attached hydrogens (tertiary/aromatic N) is 4. The van der Waals surface area contributed by atoms with Gasteiger partial charge in [-0.2, -0.15) is 16.8 Å². The first-order chi connectivity index (χ1) is 28.1. The maximum absolute atomic E-state index is 13.0. The van der Waals surface area contributed by atoms with Gasteiger partial charge in [0.05, 0.1) is 83.4 Å². The highest BCUT2D eigenvalue weighted by Crippen LogP contribution is 2.49. The number of phenolic OH excluding ortho intramolecular Hbond substituents is 1. The summed E-state index contributed by atoms with van der Waals surface area (Å²) in [5.41, 5.74) is 5.52. The van der Waals surface area contributed by atoms with Crippen LogP contribution in [-0.2, 0) is 67.6 Å². The summed E-state index contributed by atoms with van der Waals surface area (Å²) >= 11 is 0.607. The van der Waals surface area contributed by atoms with Crippen LogP contribution in [0.2, 0.25) is 0 Å². The minimum Gasteiger partial charge on any atom is -0.505 e. The van der Waals surface area contributed by atoms with Crippen molar-refractivity contribution in [1.82, 2.24) is 0 Å². The number of hydrogen-bond donors (Lipinski definition) is 6. The third-order valence-electron chi connectivity index (χ3n) is 7.32. The van der Waals surface area contributed by atoms with E-state index < -0.39 is 80.7 Å². The molecular formula is C28H29N5O21S6. The van der Waals surface area contributed by atoms with Gasteiger partial charge in [0.25, 0.3) is 0 Å². The third-order valence-corrected chi connectivity index (χ3v) is 12.9. The van der Waals surface area contributed by atoms with Crippen molar-refractivity contribution in [2.75, 3.05) is 44.7 Å². The predicted octanol–water partition coefficient (Wildman–Crippen LogP) is 5.02. The van der Waals surface area contributed by atoms with E-state index in [9.17, 15) is 38.8 Å². The lowest BCUT2D eigenvalue weighted by Crippen LogP contribution is -2.16. The van der Waals surface area contributed by atoms with E-state index in [1.807, 2.05) is 0 Å². The smallest absolute Gasteiger partial charge is 0.397 e. The van der Waals surface area contributed by atoms with Gasteiger partial charge in [-0.25, -0.2) is 35.7 Å². The number of benzene rings is 4. The Bertz CT molecular complexity index is 2740. The highest BCUT2D eigenvalue weighted by atomic mass is 32.3. The molecule has 0 radical (unpaired) electrons. The molecule has 32 heteroatoms. The van der Waals surface area contributed by atoms with Crippen molar-refractivity contribution in [3.8, 4) is 17.2 Å². The van der Waals surface area contributed by atoms with Gasteiger partial charge in [-0.15, -0.1) is 29.1 Å². The molecule has 0 bridgehead atoms. The number of methoxy groups -OCH3 is 2. The molecule has 0 aliphatic carbocycles. The van der Waals surface area contributed by atoms with Crippen LogP contribution in [0, 0.1) is 0 Å². The summed E-state index contributed by atoms with van der Waals surface area (Å²) in [7, 11) is -16.1. The zero-order valence-corrected chi connectivity index (χ0v) is 34.9. The van der Waals surface area contributed by atoms with Crippen molar-refractivity contribution in [3.63, 3.8) is 0 Å². The molecule has 4 rings (SSSR count). The average Bonchev–Trinajstić information content (AvgIpc) is 3.17. The molecule has 60 heavy (non-hydrogen) atoms. The Morgan fingerprint density at radius 1 is 0.633 bits per heavy atom. The Hall–Kier alpha value is -4.36. The molecule has 0 spiro atoms. The van der Waals surface area contributed by atoms with Gasteiger partial charge in [0, 0.05) is 22.9 Å². The second-order valence-electron chi connectivity index (χ2n) is 11.0. The van der Waals surface area contributed by atoms with Crippen molar-refractivity contribution >= 4 is 104 Å². The second kappa shape index (κ2) is 20.5. The van der Waals surface area contributed by atoms with Crippen LogP contribution in [-0.4, -0.2) is 97.3 Å². The van der Waals surface area contributed by atoms with E-state index >= 15 is 0 Å². The summed E-state index contributed by atoms with van der Waals surface area (Å²) < 4.78 is 140. The van der Waals surface area contributed by atoms with Gasteiger partial charge in [0.2, 0.25) is 0 Å². The van der Waals surface area contributed by atoms with Gasteiger partial charge in [0.15, 0.2) is 25.4 Å². The summed E-state index contributed by atoms with van der Waals surface area (Å²) in [5, 5.41) is 52.9. The molecule has 0 heterocycles. The number of sulfone groups is 2. The third kappa shape index (κ3) is 12.8. The molecule has 0 fully saturated rings. The van der Waals surface area contributed by atoms with Crippen molar-refractivity contribution < 1.29 is 95.0 Å². The fraction of sp³-hybridized carbons (Fsp3) is 0.214. The summed E-state index contributed by atoms with van der Waals surface area (Å²) in [6, 6.07) is 9.32. The van der Waals surface area contributed by atoms with Gasteiger partial charge in [-0.1, -0.05) is 10.1 Å². The quantitative estimate of drug-likeness (QED) is 0.0150. The van der Waals surface area contributed by atoms with Crippen LogP contribution in [0.3, 0.4) is 0 Å². The first-order valence-corrected chi connectivity index (χ1v) is 23.0. The summed E-state index contributed by atoms with van der Waals surface area (Å²) in [5.74, 6) is -2.86. The molecule has 0 saturated carbocycles. The molecule has 0 saturated heterocycles. The predicted molar refractivity (Wildman–Crippen MR) is 205 cm³/mol. The number of nitrogens with two attached hydrogens (primary N) is 1. The van der Waals surface area contributed by atoms with Crippen LogP contribution < -0.4 is 15.2 Å². The first kappa shape index (κ1) is 48.3. The van der Waals surface area contributed by atoms with Crippen molar-refractivity contribution in [3.05, 3.63) is 48.5 Å². The lowest BCUT2D eigenvalue weighted by atomic mass is 10.1. The number of anilines is 1. The molecule has 7 N–H and O–H groups in total. The lowest BCUT2D eigenvalue weighted by Gasteiger charge is -2.14. The lowest BCUT2D eigenvalue weighted by molar-refractivity contribution is -0.432. The van der Waals surface area contributed by atoms with Gasteiger partial charge in [-0.3, -0.25) is 9.11 Å². The van der Waals surface area contributed by atoms with E-state index in [1.54, 1.807) is 0 Å². The van der Waals surface area contributed by atoms with Crippen LogP contribution in [0.25, 0.3) is 10.8 Å². The van der Waals surface area contributed by atoms with Crippen LogP contribution in [0.1, 0.15) is 0 Å². The fourth-order valence-electron chi connectivity index (χ4n) is 4.74. The molecule has 0 atom stereocenters. The second-order valence-corrected chi connectivity index (χ2v) is 18.8. The highest BCUT2D eigenvalue weighted by Gasteiger charge is 2.25. The van der Waals surface area contributed by atoms with Gasteiger partial charge >= 0.3 is 20.8 Å². The van der Waals surface area contributed by atoms with E-state index in [2.05, 4.69) is 47.6 Å². The summed E-state index contributed by atoms with van der Waals surface area (Å²) in [4.78, 5) is -1.10. The zero-order chi connectivity index (χ0) is 44.5. The molecule has 0 aliphatic rings. The number of fused-ring (bicyclic) bond motifs is 1. The molecule has 4 aromatic carbocycles. The molecule has 0 unspecified atom stereocenters. The van der Waals surface area contributed by atoms with Crippen LogP contribution in [0.5, 0.6) is 17.2 Å². The monoisotopic (exact) mass is 963 g/mol. The molecule has 328 valence electrons. The van der Waals surface area contributed by atoms with E-state index in [-0.39, 0.29) is 72.5 Å². The van der Waals surface area contributed by atoms with E-state index in [4.69, 9.17) is 34.8 Å². The van der Waals surface area contributed by atoms with Crippen LogP contribution in [0.4, 0.5) is 28.4 Å².